The van der Waals surface area contributed by atoms with Crippen molar-refractivity contribution in [2.45, 2.75) is 69.0 Å². The van der Waals surface area contributed by atoms with Gasteiger partial charge in [0.25, 0.3) is 0 Å². The number of nitrogens with zero attached hydrogens (tertiary/aromatic N) is 4. The third-order valence-corrected chi connectivity index (χ3v) is 7.54. The van der Waals surface area contributed by atoms with Gasteiger partial charge in [0.2, 0.25) is 5.72 Å². The highest BCUT2D eigenvalue weighted by molar-refractivity contribution is 5.73. The summed E-state index contributed by atoms with van der Waals surface area (Å²) in [5.41, 5.74) is 5.76. The molecule has 206 valence electrons. The number of aromatic nitrogens is 3. The third kappa shape index (κ3) is 5.50. The van der Waals surface area contributed by atoms with Gasteiger partial charge in [-0.05, 0) is 43.2 Å². The number of fused-ring (bicyclic) bond motifs is 1. The molecular formula is C28H33N5O6. The van der Waals surface area contributed by atoms with E-state index in [-0.39, 0.29) is 24.8 Å². The zero-order valence-electron chi connectivity index (χ0n) is 21.6. The van der Waals surface area contributed by atoms with Crippen LogP contribution in [0.1, 0.15) is 49.8 Å². The van der Waals surface area contributed by atoms with Crippen molar-refractivity contribution in [1.29, 1.82) is 0 Å². The summed E-state index contributed by atoms with van der Waals surface area (Å²) in [5.74, 6) is -0.403. The predicted octanol–water partition coefficient (Wildman–Crippen LogP) is 2.59. The van der Waals surface area contributed by atoms with Crippen LogP contribution in [-0.4, -0.2) is 63.3 Å². The van der Waals surface area contributed by atoms with Gasteiger partial charge in [-0.2, -0.15) is 5.10 Å². The summed E-state index contributed by atoms with van der Waals surface area (Å²) in [6, 6.07) is 12.4. The zero-order chi connectivity index (χ0) is 27.4. The van der Waals surface area contributed by atoms with Crippen LogP contribution in [0.3, 0.4) is 0 Å². The number of nitrogens with two attached hydrogens (primary N) is 1. The number of anilines is 1. The van der Waals surface area contributed by atoms with E-state index >= 15 is 0 Å². The van der Waals surface area contributed by atoms with Crippen molar-refractivity contribution in [3.8, 4) is 0 Å². The molecule has 5 rings (SSSR count). The molecule has 2 aromatic heterocycles. The van der Waals surface area contributed by atoms with Crippen molar-refractivity contribution < 1.29 is 28.9 Å². The average Bonchev–Trinajstić information content (AvgIpc) is 3.49. The quantitative estimate of drug-likeness (QED) is 0.311. The lowest BCUT2D eigenvalue weighted by atomic mass is 9.87. The van der Waals surface area contributed by atoms with Gasteiger partial charge in [0, 0.05) is 6.42 Å². The van der Waals surface area contributed by atoms with Crippen LogP contribution < -0.4 is 5.73 Å². The van der Waals surface area contributed by atoms with Crippen LogP contribution in [-0.2, 0) is 35.9 Å². The Hall–Kier alpha value is -3.83. The van der Waals surface area contributed by atoms with Gasteiger partial charge in [0.15, 0.2) is 11.9 Å². The van der Waals surface area contributed by atoms with Gasteiger partial charge in [-0.15, -0.1) is 0 Å². The Morgan fingerprint density at radius 3 is 2.67 bits per heavy atom. The number of nitrogen functional groups attached to an aromatic ring is 1. The number of rotatable bonds is 9. The topological polar surface area (TPSA) is 151 Å². The Balaban J connectivity index is 1.39. The number of benzene rings is 1. The number of ether oxygens (including phenoxy) is 3. The maximum atomic E-state index is 12.9. The summed E-state index contributed by atoms with van der Waals surface area (Å²) in [7, 11) is 0. The van der Waals surface area contributed by atoms with Gasteiger partial charge in [-0.3, -0.25) is 14.6 Å². The molecule has 0 bridgehead atoms. The van der Waals surface area contributed by atoms with Crippen LogP contribution in [0.15, 0.2) is 53.8 Å². The maximum absolute atomic E-state index is 12.9. The zero-order valence-corrected chi connectivity index (χ0v) is 21.6. The second-order valence-electron chi connectivity index (χ2n) is 10.1. The third-order valence-electron chi connectivity index (χ3n) is 7.54. The Kier molecular flexibility index (Phi) is 7.89. The van der Waals surface area contributed by atoms with Gasteiger partial charge in [0.1, 0.15) is 36.4 Å². The molecule has 11 heteroatoms. The SMILES string of the molecule is C=N[C@@]1(c2ccc3c(N)ncnn23)O[C@H](COC(=O)CC2CCCCC2)[C@@H](OC(=O)Cc2ccccc2)[C@H]1O. The number of aliphatic hydroxyl groups excluding tert-OH is 1. The van der Waals surface area contributed by atoms with E-state index in [1.165, 1.54) is 17.3 Å². The average molecular weight is 536 g/mol. The van der Waals surface area contributed by atoms with Crippen LogP contribution in [0.4, 0.5) is 5.82 Å². The Bertz CT molecular complexity index is 1320. The number of hydrogen-bond donors (Lipinski definition) is 2. The number of aliphatic hydroxyl groups is 1. The molecule has 0 amide bonds. The van der Waals surface area contributed by atoms with Crippen LogP contribution >= 0.6 is 0 Å². The van der Waals surface area contributed by atoms with Crippen LogP contribution in [0.25, 0.3) is 5.52 Å². The van der Waals surface area contributed by atoms with Crippen molar-refractivity contribution in [3.63, 3.8) is 0 Å². The summed E-state index contributed by atoms with van der Waals surface area (Å²) in [4.78, 5) is 33.7. The molecule has 3 N–H and O–H groups in total. The second-order valence-corrected chi connectivity index (χ2v) is 10.1. The lowest BCUT2D eigenvalue weighted by Crippen LogP contribution is -2.43. The molecule has 2 aliphatic rings. The molecule has 39 heavy (non-hydrogen) atoms. The molecule has 1 saturated carbocycles. The second kappa shape index (κ2) is 11.5. The first-order valence-electron chi connectivity index (χ1n) is 13.2. The molecular weight excluding hydrogens is 502 g/mol. The number of carbonyl (C=O) groups is 2. The summed E-state index contributed by atoms with van der Waals surface area (Å²) in [6.07, 6.45) is 3.32. The highest BCUT2D eigenvalue weighted by atomic mass is 16.6. The Morgan fingerprint density at radius 1 is 1.15 bits per heavy atom. The van der Waals surface area contributed by atoms with Gasteiger partial charge in [-0.1, -0.05) is 49.6 Å². The largest absolute Gasteiger partial charge is 0.463 e. The standard InChI is InChI=1S/C28H33N5O6/c1-30-28(22-13-12-20-27(29)31-17-32-33(20)22)26(36)25(38-24(35)15-19-10-6-3-7-11-19)21(39-28)16-37-23(34)14-18-8-4-2-5-9-18/h3,6-7,10-13,17-18,21,25-26,36H,1-2,4-5,8-9,14-16H2,(H2,29,31,32)/t21-,25-,26-,28+/m1/s1. The Morgan fingerprint density at radius 2 is 1.92 bits per heavy atom. The summed E-state index contributed by atoms with van der Waals surface area (Å²) >= 11 is 0. The fraction of sp³-hybridized carbons (Fsp3) is 0.464. The first-order chi connectivity index (χ1) is 18.9. The fourth-order valence-corrected chi connectivity index (χ4v) is 5.53. The molecule has 1 aliphatic heterocycles. The smallest absolute Gasteiger partial charge is 0.310 e. The van der Waals surface area contributed by atoms with Crippen LogP contribution in [0, 0.1) is 5.92 Å². The van der Waals surface area contributed by atoms with Crippen molar-refractivity contribution in [2.24, 2.45) is 10.9 Å². The fourth-order valence-electron chi connectivity index (χ4n) is 5.53. The van der Waals surface area contributed by atoms with Crippen molar-refractivity contribution >= 4 is 30.0 Å². The lowest BCUT2D eigenvalue weighted by Gasteiger charge is -2.27. The first kappa shape index (κ1) is 26.8. The number of esters is 2. The number of aliphatic imine (C=N–C) groups is 1. The summed E-state index contributed by atoms with van der Waals surface area (Å²) < 4.78 is 19.0. The summed E-state index contributed by atoms with van der Waals surface area (Å²) in [6.45, 7) is 3.44. The van der Waals surface area contributed by atoms with Gasteiger partial charge in [-0.25, -0.2) is 9.50 Å². The van der Waals surface area contributed by atoms with Crippen molar-refractivity contribution in [1.82, 2.24) is 14.6 Å². The van der Waals surface area contributed by atoms with E-state index in [1.54, 1.807) is 24.3 Å². The molecule has 3 aromatic rings. The molecule has 0 unspecified atom stereocenters. The van der Waals surface area contributed by atoms with E-state index in [0.717, 1.165) is 31.2 Å². The number of hydrogen-bond acceptors (Lipinski definition) is 10. The maximum Gasteiger partial charge on any atom is 0.310 e. The summed E-state index contributed by atoms with van der Waals surface area (Å²) in [5, 5.41) is 15.8. The van der Waals surface area contributed by atoms with Gasteiger partial charge >= 0.3 is 11.9 Å². The minimum atomic E-state index is -1.77. The van der Waals surface area contributed by atoms with Gasteiger partial charge < -0.3 is 25.1 Å². The molecule has 1 aliphatic carbocycles. The monoisotopic (exact) mass is 535 g/mol. The van der Waals surface area contributed by atoms with E-state index in [0.29, 0.717) is 23.5 Å². The minimum absolute atomic E-state index is 0.00934. The molecule has 3 heterocycles. The highest BCUT2D eigenvalue weighted by Crippen LogP contribution is 2.43. The predicted molar refractivity (Wildman–Crippen MR) is 142 cm³/mol. The van der Waals surface area contributed by atoms with E-state index in [9.17, 15) is 14.7 Å². The normalized spacial score (nSPS) is 25.4. The molecule has 4 atom stereocenters. The Labute approximate surface area is 226 Å². The van der Waals surface area contributed by atoms with Crippen molar-refractivity contribution in [2.75, 3.05) is 12.3 Å². The van der Waals surface area contributed by atoms with Crippen LogP contribution in [0.2, 0.25) is 0 Å². The molecule has 11 nitrogen and oxygen atoms in total. The van der Waals surface area contributed by atoms with Crippen LogP contribution in [0.5, 0.6) is 0 Å². The molecule has 2 fully saturated rings. The molecule has 1 aromatic carbocycles. The molecule has 1 saturated heterocycles. The van der Waals surface area contributed by atoms with E-state index in [4.69, 9.17) is 19.9 Å². The van der Waals surface area contributed by atoms with E-state index in [2.05, 4.69) is 21.8 Å². The first-order valence-corrected chi connectivity index (χ1v) is 13.2. The van der Waals surface area contributed by atoms with E-state index in [1.807, 2.05) is 18.2 Å². The minimum Gasteiger partial charge on any atom is -0.463 e. The molecule has 0 radical (unpaired) electrons. The van der Waals surface area contributed by atoms with Crippen molar-refractivity contribution in [3.05, 3.63) is 60.0 Å². The number of carbonyl (C=O) groups excluding carboxylic acids is 2. The molecule has 0 spiro atoms. The lowest BCUT2D eigenvalue weighted by molar-refractivity contribution is -0.160. The highest BCUT2D eigenvalue weighted by Gasteiger charge is 2.59. The van der Waals surface area contributed by atoms with E-state index < -0.39 is 30.0 Å². The van der Waals surface area contributed by atoms with Gasteiger partial charge in [0.05, 0.1) is 6.42 Å².